The average molecular weight is 539 g/mol. The minimum Gasteiger partial charge on any atom is -0.439 e. The van der Waals surface area contributed by atoms with Crippen LogP contribution in [0.4, 0.5) is 10.1 Å². The maximum absolute atomic E-state index is 13.4. The number of H-pyrrole nitrogens is 1. The molecule has 9 nitrogen and oxygen atoms in total. The van der Waals surface area contributed by atoms with E-state index in [-0.39, 0.29) is 23.6 Å². The minimum absolute atomic E-state index is 0.204. The van der Waals surface area contributed by atoms with Crippen LogP contribution < -0.4 is 10.1 Å². The highest BCUT2D eigenvalue weighted by Gasteiger charge is 2.18. The van der Waals surface area contributed by atoms with Gasteiger partial charge in [-0.2, -0.15) is 5.10 Å². The molecular formula is C30H27FN6O3. The molecule has 2 aromatic carbocycles. The lowest BCUT2D eigenvalue weighted by Gasteiger charge is -2.29. The molecule has 0 unspecified atom stereocenters. The number of aliphatic hydroxyl groups is 1. The summed E-state index contributed by atoms with van der Waals surface area (Å²) in [6, 6.07) is 16.9. The second-order valence-electron chi connectivity index (χ2n) is 9.82. The molecule has 1 aliphatic heterocycles. The molecule has 1 fully saturated rings. The van der Waals surface area contributed by atoms with Gasteiger partial charge in [0.15, 0.2) is 5.69 Å². The summed E-state index contributed by atoms with van der Waals surface area (Å²) in [6.07, 6.45) is 6.52. The van der Waals surface area contributed by atoms with Crippen LogP contribution >= 0.6 is 0 Å². The molecule has 3 N–H and O–H groups in total. The van der Waals surface area contributed by atoms with Crippen molar-refractivity contribution in [3.8, 4) is 22.8 Å². The van der Waals surface area contributed by atoms with Crippen molar-refractivity contribution in [2.24, 2.45) is 0 Å². The first-order valence-electron chi connectivity index (χ1n) is 13.0. The normalized spacial score (nSPS) is 14.3. The number of ether oxygens (including phenoxy) is 1. The van der Waals surface area contributed by atoms with Gasteiger partial charge in [0.2, 0.25) is 5.88 Å². The summed E-state index contributed by atoms with van der Waals surface area (Å²) in [5, 5.41) is 20.4. The van der Waals surface area contributed by atoms with Crippen LogP contribution in [0.2, 0.25) is 0 Å². The van der Waals surface area contributed by atoms with Crippen molar-refractivity contribution in [2.45, 2.75) is 25.5 Å². The van der Waals surface area contributed by atoms with Crippen LogP contribution in [0, 0.1) is 5.82 Å². The largest absolute Gasteiger partial charge is 0.439 e. The fourth-order valence-electron chi connectivity index (χ4n) is 4.79. The standard InChI is InChI=1S/C30H27FN6O3/c31-22-2-1-3-25(14-22)40-28-7-5-23(17-33-28)34-30(39)29-26-13-20(4-6-27(26)35-36-29)21-12-19(15-32-16-21)18-37-10-8-24(38)9-11-37/h1-7,12-17,24,38H,8-11,18H2,(H,34,39)(H,35,36). The highest BCUT2D eigenvalue weighted by molar-refractivity contribution is 6.11. The zero-order valence-corrected chi connectivity index (χ0v) is 21.5. The van der Waals surface area contributed by atoms with E-state index in [2.05, 4.69) is 36.4 Å². The third-order valence-corrected chi connectivity index (χ3v) is 6.88. The molecule has 0 spiro atoms. The Balaban J connectivity index is 1.16. The van der Waals surface area contributed by atoms with E-state index in [1.54, 1.807) is 24.3 Å². The maximum Gasteiger partial charge on any atom is 0.276 e. The molecule has 1 amide bonds. The second kappa shape index (κ2) is 11.2. The molecule has 3 aromatic heterocycles. The summed E-state index contributed by atoms with van der Waals surface area (Å²) in [6.45, 7) is 2.50. The smallest absolute Gasteiger partial charge is 0.276 e. The number of hydrogen-bond acceptors (Lipinski definition) is 7. The Morgan fingerprint density at radius 2 is 1.93 bits per heavy atom. The van der Waals surface area contributed by atoms with Crippen LogP contribution in [0.15, 0.2) is 79.3 Å². The number of carbonyl (C=O) groups is 1. The average Bonchev–Trinajstić information content (AvgIpc) is 3.39. The number of aromatic nitrogens is 4. The van der Waals surface area contributed by atoms with Gasteiger partial charge in [0.05, 0.1) is 23.5 Å². The summed E-state index contributed by atoms with van der Waals surface area (Å²) < 4.78 is 19.0. The molecule has 202 valence electrons. The summed E-state index contributed by atoms with van der Waals surface area (Å²) >= 11 is 0. The van der Waals surface area contributed by atoms with Gasteiger partial charge in [-0.3, -0.25) is 19.8 Å². The number of piperidine rings is 1. The lowest BCUT2D eigenvalue weighted by atomic mass is 10.0. The van der Waals surface area contributed by atoms with Crippen LogP contribution in [0.3, 0.4) is 0 Å². The van der Waals surface area contributed by atoms with Crippen molar-refractivity contribution >= 4 is 22.5 Å². The first-order valence-corrected chi connectivity index (χ1v) is 13.0. The SMILES string of the molecule is O=C(Nc1ccc(Oc2cccc(F)c2)nc1)c1n[nH]c2ccc(-c3cncc(CN4CCC(O)CC4)c3)cc12. The monoisotopic (exact) mass is 538 g/mol. The number of fused-ring (bicyclic) bond motifs is 1. The van der Waals surface area contributed by atoms with Crippen LogP contribution in [-0.2, 0) is 6.54 Å². The number of rotatable bonds is 7. The number of amides is 1. The van der Waals surface area contributed by atoms with Crippen molar-refractivity contribution in [3.05, 3.63) is 96.3 Å². The number of nitrogens with zero attached hydrogens (tertiary/aromatic N) is 4. The van der Waals surface area contributed by atoms with Crippen molar-refractivity contribution in [1.29, 1.82) is 0 Å². The topological polar surface area (TPSA) is 116 Å². The second-order valence-corrected chi connectivity index (χ2v) is 9.82. The van der Waals surface area contributed by atoms with E-state index in [1.165, 1.54) is 18.3 Å². The van der Waals surface area contributed by atoms with E-state index < -0.39 is 5.82 Å². The Hall–Kier alpha value is -4.67. The number of carbonyl (C=O) groups excluding carboxylic acids is 1. The third kappa shape index (κ3) is 5.83. The van der Waals surface area contributed by atoms with Gasteiger partial charge in [0.1, 0.15) is 11.6 Å². The first kappa shape index (κ1) is 25.6. The first-order chi connectivity index (χ1) is 19.5. The van der Waals surface area contributed by atoms with Gasteiger partial charge in [-0.15, -0.1) is 0 Å². The van der Waals surface area contributed by atoms with Gasteiger partial charge >= 0.3 is 0 Å². The Morgan fingerprint density at radius 3 is 2.73 bits per heavy atom. The zero-order valence-electron chi connectivity index (χ0n) is 21.5. The summed E-state index contributed by atoms with van der Waals surface area (Å²) in [5.41, 5.74) is 4.42. The molecule has 40 heavy (non-hydrogen) atoms. The Morgan fingerprint density at radius 1 is 1.05 bits per heavy atom. The van der Waals surface area contributed by atoms with Crippen LogP contribution in [0.25, 0.3) is 22.0 Å². The van der Waals surface area contributed by atoms with E-state index in [9.17, 15) is 14.3 Å². The van der Waals surface area contributed by atoms with E-state index in [4.69, 9.17) is 4.74 Å². The highest BCUT2D eigenvalue weighted by Crippen LogP contribution is 2.27. The van der Waals surface area contributed by atoms with Crippen LogP contribution in [0.5, 0.6) is 11.6 Å². The van der Waals surface area contributed by atoms with Crippen LogP contribution in [0.1, 0.15) is 28.9 Å². The fourth-order valence-corrected chi connectivity index (χ4v) is 4.79. The molecule has 5 aromatic rings. The Kier molecular flexibility index (Phi) is 7.17. The zero-order chi connectivity index (χ0) is 27.5. The van der Waals surface area contributed by atoms with E-state index >= 15 is 0 Å². The minimum atomic E-state index is -0.404. The molecule has 0 radical (unpaired) electrons. The number of aromatic amines is 1. The molecule has 4 heterocycles. The van der Waals surface area contributed by atoms with Gasteiger partial charge in [0.25, 0.3) is 5.91 Å². The van der Waals surface area contributed by atoms with Gasteiger partial charge in [-0.25, -0.2) is 9.37 Å². The summed E-state index contributed by atoms with van der Waals surface area (Å²) in [4.78, 5) is 24.1. The lowest BCUT2D eigenvalue weighted by molar-refractivity contribution is 0.0792. The maximum atomic E-state index is 13.4. The third-order valence-electron chi connectivity index (χ3n) is 6.88. The van der Waals surface area contributed by atoms with Gasteiger partial charge in [0, 0.05) is 55.1 Å². The fraction of sp³-hybridized carbons (Fsp3) is 0.200. The number of pyridine rings is 2. The van der Waals surface area contributed by atoms with Crippen molar-refractivity contribution in [2.75, 3.05) is 18.4 Å². The molecule has 10 heteroatoms. The van der Waals surface area contributed by atoms with E-state index in [0.717, 1.165) is 54.7 Å². The van der Waals surface area contributed by atoms with E-state index in [1.807, 2.05) is 30.6 Å². The molecule has 0 aliphatic carbocycles. The quantitative estimate of drug-likeness (QED) is 0.262. The number of hydrogen-bond donors (Lipinski definition) is 3. The number of aliphatic hydroxyl groups excluding tert-OH is 1. The molecule has 1 aliphatic rings. The number of anilines is 1. The predicted molar refractivity (Wildman–Crippen MR) is 149 cm³/mol. The van der Waals surface area contributed by atoms with Crippen molar-refractivity contribution in [1.82, 2.24) is 25.1 Å². The van der Waals surface area contributed by atoms with Gasteiger partial charge in [-0.1, -0.05) is 12.1 Å². The molecule has 0 saturated carbocycles. The van der Waals surface area contributed by atoms with Crippen LogP contribution in [-0.4, -0.2) is 55.3 Å². The molecule has 6 rings (SSSR count). The van der Waals surface area contributed by atoms with E-state index in [0.29, 0.717) is 16.8 Å². The Bertz CT molecular complexity index is 1650. The molecule has 0 atom stereocenters. The van der Waals surface area contributed by atoms with Gasteiger partial charge < -0.3 is 15.2 Å². The number of halogens is 1. The molecule has 1 saturated heterocycles. The van der Waals surface area contributed by atoms with Gasteiger partial charge in [-0.05, 0) is 60.4 Å². The summed E-state index contributed by atoms with van der Waals surface area (Å²) in [5.74, 6) is -0.191. The lowest BCUT2D eigenvalue weighted by Crippen LogP contribution is -2.35. The van der Waals surface area contributed by atoms with Crippen molar-refractivity contribution in [3.63, 3.8) is 0 Å². The molecular weight excluding hydrogens is 511 g/mol. The predicted octanol–water partition coefficient (Wildman–Crippen LogP) is 5.16. The number of likely N-dealkylation sites (tertiary alicyclic amines) is 1. The summed E-state index contributed by atoms with van der Waals surface area (Å²) in [7, 11) is 0. The number of nitrogens with one attached hydrogen (secondary N) is 2. The van der Waals surface area contributed by atoms with Crippen molar-refractivity contribution < 1.29 is 19.0 Å². The Labute approximate surface area is 229 Å². The number of benzene rings is 2. The highest BCUT2D eigenvalue weighted by atomic mass is 19.1. The molecule has 0 bridgehead atoms.